The fraction of sp³-hybridized carbons (Fsp3) is 0.364. The first-order chi connectivity index (χ1) is 14.4. The van der Waals surface area contributed by atoms with Crippen LogP contribution in [0.4, 0.5) is 13.2 Å². The van der Waals surface area contributed by atoms with Gasteiger partial charge in [-0.15, -0.1) is 13.2 Å². The van der Waals surface area contributed by atoms with E-state index >= 15 is 0 Å². The standard InChI is InChI=1S/C22H23F3O6/c1-21(2,3)31-18(26)13-8-14-6-5-7-17(19(14)20(27)28-4)29-15-9-11-16(12-10-15)30-22(23,24)25/h5-7,9-12H,8,13H2,1-4H3. The minimum absolute atomic E-state index is 0.0359. The number of ether oxygens (including phenoxy) is 4. The van der Waals surface area contributed by atoms with Gasteiger partial charge >= 0.3 is 18.3 Å². The van der Waals surface area contributed by atoms with Gasteiger partial charge in [-0.25, -0.2) is 4.79 Å². The Hall–Kier alpha value is -3.23. The van der Waals surface area contributed by atoms with E-state index in [9.17, 15) is 22.8 Å². The highest BCUT2D eigenvalue weighted by atomic mass is 19.4. The number of carbonyl (C=O) groups excluding carboxylic acids is 2. The van der Waals surface area contributed by atoms with Crippen LogP contribution in [-0.4, -0.2) is 31.0 Å². The molecule has 0 radical (unpaired) electrons. The molecule has 6 nitrogen and oxygen atoms in total. The summed E-state index contributed by atoms with van der Waals surface area (Å²) >= 11 is 0. The summed E-state index contributed by atoms with van der Waals surface area (Å²) in [6.45, 7) is 5.26. The lowest BCUT2D eigenvalue weighted by molar-refractivity contribution is -0.274. The van der Waals surface area contributed by atoms with E-state index in [1.165, 1.54) is 25.3 Å². The predicted molar refractivity (Wildman–Crippen MR) is 105 cm³/mol. The largest absolute Gasteiger partial charge is 0.573 e. The van der Waals surface area contributed by atoms with Gasteiger partial charge in [-0.3, -0.25) is 4.79 Å². The van der Waals surface area contributed by atoms with Crippen LogP contribution in [0.3, 0.4) is 0 Å². The van der Waals surface area contributed by atoms with Crippen LogP contribution in [0, 0.1) is 0 Å². The van der Waals surface area contributed by atoms with Crippen LogP contribution in [-0.2, 0) is 20.7 Å². The minimum Gasteiger partial charge on any atom is -0.465 e. The van der Waals surface area contributed by atoms with Gasteiger partial charge in [0.25, 0.3) is 0 Å². The molecule has 31 heavy (non-hydrogen) atoms. The van der Waals surface area contributed by atoms with E-state index < -0.39 is 29.7 Å². The van der Waals surface area contributed by atoms with Crippen LogP contribution in [0.2, 0.25) is 0 Å². The zero-order valence-electron chi connectivity index (χ0n) is 17.5. The molecule has 0 atom stereocenters. The van der Waals surface area contributed by atoms with E-state index in [0.29, 0.717) is 5.56 Å². The number of hydrogen-bond donors (Lipinski definition) is 0. The van der Waals surface area contributed by atoms with Gasteiger partial charge in [0.2, 0.25) is 0 Å². The summed E-state index contributed by atoms with van der Waals surface area (Å²) in [5.41, 5.74) is -0.00807. The molecule has 0 spiro atoms. The van der Waals surface area contributed by atoms with E-state index in [-0.39, 0.29) is 29.9 Å². The summed E-state index contributed by atoms with van der Waals surface area (Å²) in [6, 6.07) is 9.53. The monoisotopic (exact) mass is 440 g/mol. The Morgan fingerprint density at radius 2 is 1.55 bits per heavy atom. The van der Waals surface area contributed by atoms with Crippen LogP contribution in [0.25, 0.3) is 0 Å². The lowest BCUT2D eigenvalue weighted by Gasteiger charge is -2.20. The van der Waals surface area contributed by atoms with Gasteiger partial charge in [0.15, 0.2) is 0 Å². The highest BCUT2D eigenvalue weighted by Crippen LogP contribution is 2.31. The minimum atomic E-state index is -4.80. The summed E-state index contributed by atoms with van der Waals surface area (Å²) in [5, 5.41) is 0. The van der Waals surface area contributed by atoms with Crippen molar-refractivity contribution in [1.29, 1.82) is 0 Å². The zero-order chi connectivity index (χ0) is 23.2. The number of halogens is 3. The molecular formula is C22H23F3O6. The molecule has 2 rings (SSSR count). The van der Waals surface area contributed by atoms with Crippen molar-refractivity contribution in [3.63, 3.8) is 0 Å². The summed E-state index contributed by atoms with van der Waals surface area (Å²) in [7, 11) is 1.21. The zero-order valence-corrected chi connectivity index (χ0v) is 17.5. The molecule has 168 valence electrons. The van der Waals surface area contributed by atoms with E-state index in [2.05, 4.69) is 4.74 Å². The number of alkyl halides is 3. The molecule has 0 aliphatic rings. The van der Waals surface area contributed by atoms with Crippen molar-refractivity contribution in [2.75, 3.05) is 7.11 Å². The van der Waals surface area contributed by atoms with Crippen LogP contribution in [0.5, 0.6) is 17.2 Å². The third-order valence-corrected chi connectivity index (χ3v) is 3.81. The lowest BCUT2D eigenvalue weighted by Crippen LogP contribution is -2.24. The molecular weight excluding hydrogens is 417 g/mol. The Balaban J connectivity index is 2.22. The number of methoxy groups -OCH3 is 1. The molecule has 0 aromatic heterocycles. The fourth-order valence-corrected chi connectivity index (χ4v) is 2.67. The number of esters is 2. The maximum Gasteiger partial charge on any atom is 0.573 e. The van der Waals surface area contributed by atoms with Crippen molar-refractivity contribution in [3.05, 3.63) is 53.6 Å². The molecule has 0 heterocycles. The Bertz CT molecular complexity index is 914. The summed E-state index contributed by atoms with van der Waals surface area (Å²) in [4.78, 5) is 24.4. The van der Waals surface area contributed by atoms with Crippen molar-refractivity contribution in [2.24, 2.45) is 0 Å². The van der Waals surface area contributed by atoms with Gasteiger partial charge in [0.1, 0.15) is 28.4 Å². The van der Waals surface area contributed by atoms with Gasteiger partial charge in [0.05, 0.1) is 7.11 Å². The topological polar surface area (TPSA) is 71.1 Å². The van der Waals surface area contributed by atoms with E-state index in [1.807, 2.05) is 0 Å². The van der Waals surface area contributed by atoms with E-state index in [1.54, 1.807) is 32.9 Å². The van der Waals surface area contributed by atoms with Gasteiger partial charge in [-0.1, -0.05) is 12.1 Å². The molecule has 0 saturated carbocycles. The Kier molecular flexibility index (Phi) is 7.54. The molecule has 0 amide bonds. The van der Waals surface area contributed by atoms with Gasteiger partial charge in [-0.2, -0.15) is 0 Å². The molecule has 9 heteroatoms. The fourth-order valence-electron chi connectivity index (χ4n) is 2.67. The molecule has 0 aliphatic heterocycles. The molecule has 0 fully saturated rings. The number of aryl methyl sites for hydroxylation is 1. The van der Waals surface area contributed by atoms with Crippen molar-refractivity contribution in [3.8, 4) is 17.2 Å². The van der Waals surface area contributed by atoms with Crippen molar-refractivity contribution >= 4 is 11.9 Å². The average molecular weight is 440 g/mol. The van der Waals surface area contributed by atoms with E-state index in [4.69, 9.17) is 14.2 Å². The maximum absolute atomic E-state index is 12.4. The second kappa shape index (κ2) is 9.72. The first-order valence-electron chi connectivity index (χ1n) is 9.33. The molecule has 0 saturated heterocycles. The van der Waals surface area contributed by atoms with Gasteiger partial charge < -0.3 is 18.9 Å². The maximum atomic E-state index is 12.4. The SMILES string of the molecule is COC(=O)c1c(CCC(=O)OC(C)(C)C)cccc1Oc1ccc(OC(F)(F)F)cc1. The van der Waals surface area contributed by atoms with Crippen molar-refractivity contribution in [2.45, 2.75) is 45.6 Å². The normalized spacial score (nSPS) is 11.6. The summed E-state index contributed by atoms with van der Waals surface area (Å²) in [5.74, 6) is -1.18. The number of rotatable bonds is 7. The highest BCUT2D eigenvalue weighted by molar-refractivity contribution is 5.94. The molecule has 0 bridgehead atoms. The third kappa shape index (κ3) is 7.84. The number of benzene rings is 2. The highest BCUT2D eigenvalue weighted by Gasteiger charge is 2.31. The summed E-state index contributed by atoms with van der Waals surface area (Å²) in [6.07, 6.45) is -4.56. The number of carbonyl (C=O) groups is 2. The lowest BCUT2D eigenvalue weighted by atomic mass is 10.0. The van der Waals surface area contributed by atoms with E-state index in [0.717, 1.165) is 12.1 Å². The average Bonchev–Trinajstić information content (AvgIpc) is 2.65. The molecule has 2 aromatic carbocycles. The Labute approximate surface area is 177 Å². The number of hydrogen-bond acceptors (Lipinski definition) is 6. The van der Waals surface area contributed by atoms with Crippen molar-refractivity contribution < 1.29 is 41.7 Å². The first-order valence-corrected chi connectivity index (χ1v) is 9.33. The van der Waals surface area contributed by atoms with Gasteiger partial charge in [-0.05, 0) is 63.1 Å². The first kappa shape index (κ1) is 24.0. The summed E-state index contributed by atoms with van der Waals surface area (Å²) < 4.78 is 56.5. The second-order valence-electron chi connectivity index (χ2n) is 7.49. The smallest absolute Gasteiger partial charge is 0.465 e. The van der Waals surface area contributed by atoms with Crippen LogP contribution in [0.15, 0.2) is 42.5 Å². The Morgan fingerprint density at radius 3 is 2.10 bits per heavy atom. The predicted octanol–water partition coefficient (Wildman–Crippen LogP) is 5.44. The quantitative estimate of drug-likeness (QED) is 0.534. The molecule has 0 aliphatic carbocycles. The molecule has 2 aromatic rings. The molecule has 0 unspecified atom stereocenters. The Morgan fingerprint density at radius 1 is 0.935 bits per heavy atom. The molecule has 0 N–H and O–H groups in total. The van der Waals surface area contributed by atoms with Crippen LogP contribution in [0.1, 0.15) is 43.1 Å². The van der Waals surface area contributed by atoms with Crippen molar-refractivity contribution in [1.82, 2.24) is 0 Å². The van der Waals surface area contributed by atoms with Crippen LogP contribution >= 0.6 is 0 Å². The second-order valence-corrected chi connectivity index (χ2v) is 7.49. The van der Waals surface area contributed by atoms with Gasteiger partial charge in [0, 0.05) is 6.42 Å². The third-order valence-electron chi connectivity index (χ3n) is 3.81. The van der Waals surface area contributed by atoms with Crippen LogP contribution < -0.4 is 9.47 Å².